The van der Waals surface area contributed by atoms with E-state index in [1.54, 1.807) is 36.4 Å². The maximum absolute atomic E-state index is 13.5. The lowest BCUT2D eigenvalue weighted by atomic mass is 10.1. The van der Waals surface area contributed by atoms with Gasteiger partial charge in [-0.2, -0.15) is 8.42 Å². The van der Waals surface area contributed by atoms with Gasteiger partial charge in [-0.05, 0) is 43.3 Å². The molecule has 0 aromatic heterocycles. The number of rotatable bonds is 4. The van der Waals surface area contributed by atoms with E-state index in [0.717, 1.165) is 15.0 Å². The summed E-state index contributed by atoms with van der Waals surface area (Å²) in [7, 11) is -7.13. The van der Waals surface area contributed by atoms with Gasteiger partial charge in [-0.1, -0.05) is 48.0 Å². The summed E-state index contributed by atoms with van der Waals surface area (Å²) >= 11 is 0. The Morgan fingerprint density at radius 3 is 2.12 bits per heavy atom. The van der Waals surface area contributed by atoms with Crippen LogP contribution in [0, 0.1) is 6.92 Å². The second-order valence-corrected chi connectivity index (χ2v) is 10.6. The standard InChI is InChI=1S/C22H19N3O5S2/c1-16-12-14-18(15-13-16)32(29,30)24(2)25(22(26)17-8-4-3-5-9-17)21-19-10-6-7-11-20(19)31(27,28)23-21/h3-15H,1-2H3. The van der Waals surface area contributed by atoms with Crippen LogP contribution in [0.4, 0.5) is 0 Å². The second kappa shape index (κ2) is 7.97. The highest BCUT2D eigenvalue weighted by Crippen LogP contribution is 2.30. The van der Waals surface area contributed by atoms with Crippen molar-refractivity contribution in [1.82, 2.24) is 9.42 Å². The highest BCUT2D eigenvalue weighted by atomic mass is 32.2. The summed E-state index contributed by atoms with van der Waals surface area (Å²) < 4.78 is 56.5. The minimum Gasteiger partial charge on any atom is -0.267 e. The summed E-state index contributed by atoms with van der Waals surface area (Å²) in [6, 6.07) is 20.1. The molecule has 32 heavy (non-hydrogen) atoms. The predicted molar refractivity (Wildman–Crippen MR) is 119 cm³/mol. The van der Waals surface area contributed by atoms with Crippen molar-refractivity contribution in [2.75, 3.05) is 7.05 Å². The normalized spacial score (nSPS) is 14.7. The highest BCUT2D eigenvalue weighted by Gasteiger charge is 2.40. The monoisotopic (exact) mass is 469 g/mol. The number of benzene rings is 3. The van der Waals surface area contributed by atoms with Crippen molar-refractivity contribution in [2.24, 2.45) is 4.40 Å². The van der Waals surface area contributed by atoms with Crippen LogP contribution in [0.1, 0.15) is 21.5 Å². The third kappa shape index (κ3) is 3.72. The number of amidine groups is 1. The molecule has 3 aromatic rings. The Bertz CT molecular complexity index is 1430. The largest absolute Gasteiger partial charge is 0.285 e. The average molecular weight is 470 g/mol. The third-order valence-electron chi connectivity index (χ3n) is 4.97. The van der Waals surface area contributed by atoms with Crippen LogP contribution in [0.15, 0.2) is 93.1 Å². The summed E-state index contributed by atoms with van der Waals surface area (Å²) in [6.45, 7) is 1.82. The molecule has 0 fully saturated rings. The van der Waals surface area contributed by atoms with Gasteiger partial charge in [0.15, 0.2) is 5.84 Å². The lowest BCUT2D eigenvalue weighted by molar-refractivity contribution is 0.0667. The van der Waals surface area contributed by atoms with Crippen LogP contribution in [-0.2, 0) is 20.0 Å². The number of hydrazine groups is 1. The van der Waals surface area contributed by atoms with Gasteiger partial charge in [0.1, 0.15) is 4.90 Å². The molecule has 10 heteroatoms. The minimum absolute atomic E-state index is 0.0498. The van der Waals surface area contributed by atoms with E-state index >= 15 is 0 Å². The van der Waals surface area contributed by atoms with E-state index in [2.05, 4.69) is 4.40 Å². The topological polar surface area (TPSA) is 104 Å². The number of nitrogens with zero attached hydrogens (tertiary/aromatic N) is 3. The Morgan fingerprint density at radius 1 is 0.875 bits per heavy atom. The molecule has 4 rings (SSSR count). The van der Waals surface area contributed by atoms with Crippen molar-refractivity contribution in [1.29, 1.82) is 0 Å². The van der Waals surface area contributed by atoms with Crippen molar-refractivity contribution in [3.8, 4) is 0 Å². The number of carbonyl (C=O) groups is 1. The fourth-order valence-corrected chi connectivity index (χ4v) is 5.61. The van der Waals surface area contributed by atoms with E-state index in [0.29, 0.717) is 0 Å². The van der Waals surface area contributed by atoms with Crippen LogP contribution in [0.2, 0.25) is 0 Å². The quantitative estimate of drug-likeness (QED) is 0.547. The van der Waals surface area contributed by atoms with E-state index in [4.69, 9.17) is 0 Å². The van der Waals surface area contributed by atoms with Crippen molar-refractivity contribution >= 4 is 31.8 Å². The molecular formula is C22H19N3O5S2. The zero-order valence-electron chi connectivity index (χ0n) is 17.2. The molecule has 0 unspecified atom stereocenters. The smallest absolute Gasteiger partial charge is 0.267 e. The lowest BCUT2D eigenvalue weighted by Gasteiger charge is -2.30. The van der Waals surface area contributed by atoms with E-state index in [9.17, 15) is 21.6 Å². The average Bonchev–Trinajstić information content (AvgIpc) is 3.05. The van der Waals surface area contributed by atoms with Gasteiger partial charge in [-0.25, -0.2) is 13.4 Å². The number of hydrogen-bond acceptors (Lipinski definition) is 5. The molecular weight excluding hydrogens is 450 g/mol. The van der Waals surface area contributed by atoms with Crippen LogP contribution in [-0.4, -0.2) is 45.0 Å². The van der Waals surface area contributed by atoms with Gasteiger partial charge >= 0.3 is 0 Å². The third-order valence-corrected chi connectivity index (χ3v) is 8.03. The van der Waals surface area contributed by atoms with Gasteiger partial charge < -0.3 is 0 Å². The zero-order chi connectivity index (χ0) is 23.1. The molecule has 0 atom stereocenters. The van der Waals surface area contributed by atoms with E-state index in [1.165, 1.54) is 49.5 Å². The van der Waals surface area contributed by atoms with Gasteiger partial charge in [0.05, 0.1) is 4.90 Å². The number of carbonyl (C=O) groups excluding carboxylic acids is 1. The first-order chi connectivity index (χ1) is 15.1. The first kappa shape index (κ1) is 21.9. The highest BCUT2D eigenvalue weighted by molar-refractivity contribution is 7.91. The van der Waals surface area contributed by atoms with Gasteiger partial charge in [0.25, 0.3) is 26.0 Å². The van der Waals surface area contributed by atoms with Crippen molar-refractivity contribution < 1.29 is 21.6 Å². The molecule has 0 radical (unpaired) electrons. The summed E-state index contributed by atoms with van der Waals surface area (Å²) in [6.07, 6.45) is 0. The van der Waals surface area contributed by atoms with Crippen LogP contribution >= 0.6 is 0 Å². The molecule has 164 valence electrons. The molecule has 0 spiro atoms. The maximum atomic E-state index is 13.5. The van der Waals surface area contributed by atoms with Crippen LogP contribution in [0.3, 0.4) is 0 Å². The van der Waals surface area contributed by atoms with Gasteiger partial charge in [-0.3, -0.25) is 4.79 Å². The van der Waals surface area contributed by atoms with Gasteiger partial charge in [0.2, 0.25) is 0 Å². The summed E-state index contributed by atoms with van der Waals surface area (Å²) in [5, 5.41) is 0.786. The first-order valence-electron chi connectivity index (χ1n) is 9.52. The molecule has 8 nitrogen and oxygen atoms in total. The molecule has 0 bridgehead atoms. The number of fused-ring (bicyclic) bond motifs is 1. The number of amides is 1. The minimum atomic E-state index is -4.22. The van der Waals surface area contributed by atoms with E-state index in [-0.39, 0.29) is 26.8 Å². The number of sulfonamides is 2. The Hall–Kier alpha value is -3.34. The van der Waals surface area contributed by atoms with Crippen molar-refractivity contribution in [3.05, 3.63) is 95.6 Å². The summed E-state index contributed by atoms with van der Waals surface area (Å²) in [4.78, 5) is 13.3. The maximum Gasteiger partial charge on any atom is 0.285 e. The van der Waals surface area contributed by atoms with Crippen molar-refractivity contribution in [3.63, 3.8) is 0 Å². The Morgan fingerprint density at radius 2 is 1.47 bits per heavy atom. The van der Waals surface area contributed by atoms with Crippen molar-refractivity contribution in [2.45, 2.75) is 16.7 Å². The van der Waals surface area contributed by atoms with Crippen LogP contribution in [0.5, 0.6) is 0 Å². The predicted octanol–water partition coefficient (Wildman–Crippen LogP) is 2.82. The Balaban J connectivity index is 1.90. The number of hydrogen-bond donors (Lipinski definition) is 0. The SMILES string of the molecule is Cc1ccc(S(=O)(=O)N(C)N(C(=O)c2ccccc2)C2=NS(=O)(=O)c3ccccc32)cc1. The van der Waals surface area contributed by atoms with Gasteiger partial charge in [0, 0.05) is 18.2 Å². The second-order valence-electron chi connectivity index (χ2n) is 7.12. The molecule has 1 heterocycles. The van der Waals surface area contributed by atoms with Crippen LogP contribution in [0.25, 0.3) is 0 Å². The molecule has 0 saturated heterocycles. The van der Waals surface area contributed by atoms with E-state index < -0.39 is 26.0 Å². The van der Waals surface area contributed by atoms with E-state index in [1.807, 2.05) is 6.92 Å². The molecule has 1 amide bonds. The Kier molecular flexibility index (Phi) is 5.45. The molecule has 0 aliphatic carbocycles. The molecule has 3 aromatic carbocycles. The van der Waals surface area contributed by atoms with Crippen LogP contribution < -0.4 is 0 Å². The molecule has 1 aliphatic rings. The fraction of sp³-hybridized carbons (Fsp3) is 0.0909. The molecule has 0 N–H and O–H groups in total. The van der Waals surface area contributed by atoms with Gasteiger partial charge in [-0.15, -0.1) is 8.81 Å². The first-order valence-corrected chi connectivity index (χ1v) is 12.4. The molecule has 0 saturated carbocycles. The Labute approximate surface area is 186 Å². The number of aryl methyl sites for hydroxylation is 1. The summed E-state index contributed by atoms with van der Waals surface area (Å²) in [5.74, 6) is -1.03. The fourth-order valence-electron chi connectivity index (χ4n) is 3.27. The molecule has 1 aliphatic heterocycles. The summed E-state index contributed by atoms with van der Waals surface area (Å²) in [5.41, 5.74) is 1.18. The zero-order valence-corrected chi connectivity index (χ0v) is 18.8. The lowest BCUT2D eigenvalue weighted by Crippen LogP contribution is -2.50.